The fourth-order valence-corrected chi connectivity index (χ4v) is 1.18. The Morgan fingerprint density at radius 3 is 2.21 bits per heavy atom. The molecule has 0 unspecified atom stereocenters. The van der Waals surface area contributed by atoms with E-state index in [0.29, 0.717) is 5.92 Å². The topological polar surface area (TPSA) is 0 Å². The van der Waals surface area contributed by atoms with Crippen LogP contribution in [0.25, 0.3) is 11.6 Å². The molecule has 0 fully saturated rings. The van der Waals surface area contributed by atoms with E-state index in [1.165, 1.54) is 11.1 Å². The number of hydrogen-bond donors (Lipinski definition) is 0. The average Bonchev–Trinajstić information content (AvgIpc) is 2.15. The Bertz CT molecular complexity index is 326. The highest BCUT2D eigenvalue weighted by atomic mass is 14.0. The molecule has 0 amide bonds. The van der Waals surface area contributed by atoms with Crippen molar-refractivity contribution in [3.63, 3.8) is 0 Å². The molecule has 0 aliphatic heterocycles. The van der Waals surface area contributed by atoms with Gasteiger partial charge < -0.3 is 0 Å². The van der Waals surface area contributed by atoms with Crippen molar-refractivity contribution in [3.8, 4) is 0 Å². The molecule has 1 rings (SSSR count). The van der Waals surface area contributed by atoms with E-state index in [2.05, 4.69) is 56.8 Å². The first-order chi connectivity index (χ1) is 6.59. The summed E-state index contributed by atoms with van der Waals surface area (Å²) in [5.74, 6) is 0.607. The number of allylic oxidation sites excluding steroid dienone is 2. The summed E-state index contributed by atoms with van der Waals surface area (Å²) in [6, 6.07) is 8.48. The summed E-state index contributed by atoms with van der Waals surface area (Å²) >= 11 is 0. The van der Waals surface area contributed by atoms with Gasteiger partial charge in [-0.1, -0.05) is 62.4 Å². The molecule has 74 valence electrons. The second-order valence-corrected chi connectivity index (χ2v) is 4.01. The molecule has 0 nitrogen and oxygen atoms in total. The van der Waals surface area contributed by atoms with Gasteiger partial charge in [-0.3, -0.25) is 0 Å². The molecule has 0 aliphatic rings. The quantitative estimate of drug-likeness (QED) is 0.656. The predicted octanol–water partition coefficient (Wildman–Crippen LogP) is 4.39. The van der Waals surface area contributed by atoms with Crippen LogP contribution in [-0.4, -0.2) is 0 Å². The Labute approximate surface area is 87.0 Å². The highest BCUT2D eigenvalue weighted by Gasteiger charge is 1.92. The number of hydrogen-bond acceptors (Lipinski definition) is 0. The van der Waals surface area contributed by atoms with Gasteiger partial charge in [0.15, 0.2) is 0 Å². The van der Waals surface area contributed by atoms with Gasteiger partial charge in [-0.25, -0.2) is 0 Å². The average molecular weight is 186 g/mol. The van der Waals surface area contributed by atoms with Crippen LogP contribution in [0, 0.1) is 5.92 Å². The monoisotopic (exact) mass is 186 g/mol. The van der Waals surface area contributed by atoms with E-state index in [-0.39, 0.29) is 0 Å². The zero-order valence-corrected chi connectivity index (χ0v) is 9.25. The molecular formula is C14H18. The molecule has 1 aromatic rings. The van der Waals surface area contributed by atoms with Crippen LogP contribution in [0.4, 0.5) is 0 Å². The highest BCUT2D eigenvalue weighted by molar-refractivity contribution is 5.63. The van der Waals surface area contributed by atoms with E-state index in [1.54, 1.807) is 0 Å². The number of benzene rings is 1. The van der Waals surface area contributed by atoms with Gasteiger partial charge in [-0.05, 0) is 24.0 Å². The van der Waals surface area contributed by atoms with E-state index < -0.39 is 0 Å². The summed E-state index contributed by atoms with van der Waals surface area (Å²) in [6.07, 6.45) is 4.36. The second kappa shape index (κ2) is 4.80. The normalized spacial score (nSPS) is 11.1. The third kappa shape index (κ3) is 3.21. The molecule has 0 aromatic heterocycles. The zero-order chi connectivity index (χ0) is 10.6. The van der Waals surface area contributed by atoms with Crippen molar-refractivity contribution in [2.75, 3.05) is 0 Å². The van der Waals surface area contributed by atoms with Crippen LogP contribution in [0.2, 0.25) is 0 Å². The minimum absolute atomic E-state index is 0.607. The Morgan fingerprint density at radius 1 is 1.21 bits per heavy atom. The van der Waals surface area contributed by atoms with Crippen molar-refractivity contribution in [2.45, 2.75) is 20.8 Å². The fourth-order valence-electron chi connectivity index (χ4n) is 1.18. The maximum atomic E-state index is 3.91. The first-order valence-electron chi connectivity index (χ1n) is 5.03. The van der Waals surface area contributed by atoms with Gasteiger partial charge >= 0.3 is 0 Å². The smallest absolute Gasteiger partial charge is 0.0233 e. The highest BCUT2D eigenvalue weighted by Crippen LogP contribution is 2.13. The van der Waals surface area contributed by atoms with Crippen LogP contribution >= 0.6 is 0 Å². The van der Waals surface area contributed by atoms with Gasteiger partial charge in [-0.2, -0.15) is 0 Å². The Morgan fingerprint density at radius 2 is 1.79 bits per heavy atom. The summed E-state index contributed by atoms with van der Waals surface area (Å²) in [4.78, 5) is 0. The lowest BCUT2D eigenvalue weighted by molar-refractivity contribution is 0.836. The van der Waals surface area contributed by atoms with Crippen molar-refractivity contribution in [1.82, 2.24) is 0 Å². The zero-order valence-electron chi connectivity index (χ0n) is 9.25. The van der Waals surface area contributed by atoms with Crippen molar-refractivity contribution >= 4 is 11.6 Å². The van der Waals surface area contributed by atoms with Crippen LogP contribution in [0.3, 0.4) is 0 Å². The first-order valence-corrected chi connectivity index (χ1v) is 5.03. The van der Waals surface area contributed by atoms with Crippen molar-refractivity contribution < 1.29 is 0 Å². The van der Waals surface area contributed by atoms with Gasteiger partial charge in [0, 0.05) is 0 Å². The van der Waals surface area contributed by atoms with Gasteiger partial charge in [0.25, 0.3) is 0 Å². The molecule has 0 spiro atoms. The van der Waals surface area contributed by atoms with Gasteiger partial charge in [-0.15, -0.1) is 0 Å². The lowest BCUT2D eigenvalue weighted by Gasteiger charge is -2.00. The van der Waals surface area contributed by atoms with Crippen LogP contribution < -0.4 is 0 Å². The Balaban J connectivity index is 2.78. The van der Waals surface area contributed by atoms with Crippen molar-refractivity contribution in [1.29, 1.82) is 0 Å². The standard InChI is InChI=1S/C14H18/c1-11(2)5-6-13-7-9-14(10-8-13)12(3)4/h5-11H,3H2,1-2,4H3/b6-5+. The van der Waals surface area contributed by atoms with E-state index in [1.807, 2.05) is 6.92 Å². The minimum Gasteiger partial charge on any atom is -0.0955 e. The first kappa shape index (κ1) is 10.8. The van der Waals surface area contributed by atoms with Gasteiger partial charge in [0.1, 0.15) is 0 Å². The van der Waals surface area contributed by atoms with E-state index >= 15 is 0 Å². The predicted molar refractivity (Wildman–Crippen MR) is 65.0 cm³/mol. The van der Waals surface area contributed by atoms with Crippen LogP contribution in [0.5, 0.6) is 0 Å². The van der Waals surface area contributed by atoms with Crippen LogP contribution in [0.15, 0.2) is 36.9 Å². The molecule has 0 N–H and O–H groups in total. The van der Waals surface area contributed by atoms with E-state index in [4.69, 9.17) is 0 Å². The SMILES string of the molecule is C=C(C)c1ccc(/C=C/C(C)C)cc1. The third-order valence-electron chi connectivity index (χ3n) is 2.08. The molecule has 0 bridgehead atoms. The summed E-state index contributed by atoms with van der Waals surface area (Å²) in [5.41, 5.74) is 3.58. The van der Waals surface area contributed by atoms with Gasteiger partial charge in [0.2, 0.25) is 0 Å². The second-order valence-electron chi connectivity index (χ2n) is 4.01. The maximum Gasteiger partial charge on any atom is -0.0233 e. The van der Waals surface area contributed by atoms with Gasteiger partial charge in [0.05, 0.1) is 0 Å². The molecule has 0 heterocycles. The summed E-state index contributed by atoms with van der Waals surface area (Å²) in [6.45, 7) is 10.3. The fraction of sp³-hybridized carbons (Fsp3) is 0.286. The van der Waals surface area contributed by atoms with Crippen LogP contribution in [-0.2, 0) is 0 Å². The Kier molecular flexibility index (Phi) is 3.70. The van der Waals surface area contributed by atoms with Crippen molar-refractivity contribution in [2.24, 2.45) is 5.92 Å². The lowest BCUT2D eigenvalue weighted by Crippen LogP contribution is -1.80. The molecule has 1 aromatic carbocycles. The van der Waals surface area contributed by atoms with Crippen LogP contribution in [0.1, 0.15) is 31.9 Å². The van der Waals surface area contributed by atoms with E-state index in [9.17, 15) is 0 Å². The minimum atomic E-state index is 0.607. The maximum absolute atomic E-state index is 3.91. The molecule has 14 heavy (non-hydrogen) atoms. The molecule has 0 radical (unpaired) electrons. The summed E-state index contributed by atoms with van der Waals surface area (Å²) in [5, 5.41) is 0. The van der Waals surface area contributed by atoms with E-state index in [0.717, 1.165) is 5.57 Å². The number of rotatable bonds is 3. The summed E-state index contributed by atoms with van der Waals surface area (Å²) < 4.78 is 0. The lowest BCUT2D eigenvalue weighted by atomic mass is 10.1. The largest absolute Gasteiger partial charge is 0.0955 e. The molecule has 0 atom stereocenters. The molecule has 0 saturated heterocycles. The summed E-state index contributed by atoms with van der Waals surface area (Å²) in [7, 11) is 0. The molecule has 0 saturated carbocycles. The third-order valence-corrected chi connectivity index (χ3v) is 2.08. The molecule has 0 aliphatic carbocycles. The Hall–Kier alpha value is -1.30. The van der Waals surface area contributed by atoms with Crippen molar-refractivity contribution in [3.05, 3.63) is 48.0 Å². The molecule has 0 heteroatoms. The molecular weight excluding hydrogens is 168 g/mol.